The van der Waals surface area contributed by atoms with E-state index in [2.05, 4.69) is 5.32 Å². The predicted octanol–water partition coefficient (Wildman–Crippen LogP) is 1.18. The van der Waals surface area contributed by atoms with Crippen LogP contribution in [-0.2, 0) is 16.1 Å². The van der Waals surface area contributed by atoms with Crippen LogP contribution in [0.25, 0.3) is 10.1 Å². The van der Waals surface area contributed by atoms with Gasteiger partial charge >= 0.3 is 5.97 Å². The highest BCUT2D eigenvalue weighted by molar-refractivity contribution is 7.81. The molecule has 0 spiro atoms. The number of carboxylic acids is 1. The van der Waals surface area contributed by atoms with Crippen molar-refractivity contribution in [2.45, 2.75) is 0 Å². The third kappa shape index (κ3) is 3.76. The number of carboxylic acid groups (broad SMARTS) is 1. The van der Waals surface area contributed by atoms with Gasteiger partial charge in [-0.15, -0.1) is 11.3 Å². The standard InChI is InChI=1S/C12H14N2O4S2/c15-12(16)8-13-5-6-14(20(17)18)11-7-9-3-1-2-4-10(9)19-11/h1-4,7,13H,5-6,8H2,(H,15,16)(H,17,18)/p-1. The molecule has 1 unspecified atom stereocenters. The first-order valence-corrected chi connectivity index (χ1v) is 7.71. The van der Waals surface area contributed by atoms with E-state index >= 15 is 0 Å². The Balaban J connectivity index is 2.08. The maximum absolute atomic E-state index is 11.3. The van der Waals surface area contributed by atoms with Crippen LogP contribution in [0.4, 0.5) is 5.00 Å². The quantitative estimate of drug-likeness (QED) is 0.591. The summed E-state index contributed by atoms with van der Waals surface area (Å²) in [5.41, 5.74) is 0. The van der Waals surface area contributed by atoms with Gasteiger partial charge in [0, 0.05) is 29.1 Å². The Labute approximate surface area is 122 Å². The molecule has 1 atom stereocenters. The minimum absolute atomic E-state index is 0.189. The molecular formula is C12H13N2O4S2-. The van der Waals surface area contributed by atoms with E-state index in [-0.39, 0.29) is 19.6 Å². The summed E-state index contributed by atoms with van der Waals surface area (Å²) < 4.78 is 24.8. The molecule has 0 aliphatic heterocycles. The van der Waals surface area contributed by atoms with E-state index in [0.717, 1.165) is 10.1 Å². The van der Waals surface area contributed by atoms with E-state index in [1.165, 1.54) is 15.6 Å². The molecule has 0 aliphatic rings. The number of benzene rings is 1. The van der Waals surface area contributed by atoms with Crippen LogP contribution < -0.4 is 9.62 Å². The number of anilines is 1. The molecule has 0 saturated carbocycles. The molecule has 2 aromatic rings. The normalized spacial score (nSPS) is 12.4. The first-order valence-electron chi connectivity index (χ1n) is 5.86. The zero-order valence-corrected chi connectivity index (χ0v) is 12.1. The second kappa shape index (κ2) is 6.80. The predicted molar refractivity (Wildman–Crippen MR) is 78.6 cm³/mol. The van der Waals surface area contributed by atoms with Crippen LogP contribution in [-0.4, -0.2) is 39.5 Å². The van der Waals surface area contributed by atoms with Crippen molar-refractivity contribution in [3.05, 3.63) is 30.3 Å². The topological polar surface area (TPSA) is 92.7 Å². The lowest BCUT2D eigenvalue weighted by Gasteiger charge is -2.24. The number of rotatable bonds is 7. The lowest BCUT2D eigenvalue weighted by atomic mass is 10.3. The Bertz CT molecular complexity index is 596. The van der Waals surface area contributed by atoms with Gasteiger partial charge in [-0.05, 0) is 17.5 Å². The maximum atomic E-state index is 11.3. The van der Waals surface area contributed by atoms with Crippen LogP contribution in [0, 0.1) is 0 Å². The highest BCUT2D eigenvalue weighted by atomic mass is 32.2. The molecule has 0 amide bonds. The largest absolute Gasteiger partial charge is 0.755 e. The van der Waals surface area contributed by atoms with Gasteiger partial charge in [-0.1, -0.05) is 18.2 Å². The molecule has 0 bridgehead atoms. The van der Waals surface area contributed by atoms with Crippen molar-refractivity contribution < 1.29 is 18.7 Å². The van der Waals surface area contributed by atoms with E-state index in [4.69, 9.17) is 5.11 Å². The molecule has 0 saturated heterocycles. The smallest absolute Gasteiger partial charge is 0.317 e. The molecule has 1 heterocycles. The Morgan fingerprint density at radius 1 is 1.45 bits per heavy atom. The van der Waals surface area contributed by atoms with E-state index < -0.39 is 17.2 Å². The van der Waals surface area contributed by atoms with E-state index in [1.807, 2.05) is 30.3 Å². The Hall–Kier alpha value is -1.48. The SMILES string of the molecule is O=C(O)CNCCN(c1cc2ccccc2s1)S(=O)[O-]. The summed E-state index contributed by atoms with van der Waals surface area (Å²) in [5, 5.41) is 12.8. The molecule has 0 aliphatic carbocycles. The van der Waals surface area contributed by atoms with Crippen molar-refractivity contribution in [1.82, 2.24) is 5.32 Å². The van der Waals surface area contributed by atoms with E-state index in [9.17, 15) is 13.6 Å². The molecule has 1 aromatic carbocycles. The highest BCUT2D eigenvalue weighted by Gasteiger charge is 2.11. The second-order valence-electron chi connectivity index (χ2n) is 4.01. The van der Waals surface area contributed by atoms with Gasteiger partial charge in [0.2, 0.25) is 0 Å². The number of fused-ring (bicyclic) bond motifs is 1. The third-order valence-electron chi connectivity index (χ3n) is 2.61. The van der Waals surface area contributed by atoms with Crippen LogP contribution >= 0.6 is 11.3 Å². The summed E-state index contributed by atoms with van der Waals surface area (Å²) in [6, 6.07) is 9.45. The summed E-state index contributed by atoms with van der Waals surface area (Å²) in [6.07, 6.45) is 0. The fourth-order valence-corrected chi connectivity index (χ4v) is 3.45. The number of aliphatic carboxylic acids is 1. The number of hydrogen-bond donors (Lipinski definition) is 2. The zero-order chi connectivity index (χ0) is 14.5. The first kappa shape index (κ1) is 14.9. The van der Waals surface area contributed by atoms with Gasteiger partial charge in [-0.2, -0.15) is 0 Å². The number of carbonyl (C=O) groups is 1. The van der Waals surface area contributed by atoms with Gasteiger partial charge in [0.05, 0.1) is 6.54 Å². The third-order valence-corrected chi connectivity index (χ3v) is 4.60. The molecule has 0 fully saturated rings. The fraction of sp³-hybridized carbons (Fsp3) is 0.250. The molecule has 20 heavy (non-hydrogen) atoms. The van der Waals surface area contributed by atoms with Gasteiger partial charge in [-0.3, -0.25) is 13.3 Å². The second-order valence-corrected chi connectivity index (χ2v) is 5.95. The van der Waals surface area contributed by atoms with Gasteiger partial charge in [0.15, 0.2) is 0 Å². The van der Waals surface area contributed by atoms with Crippen LogP contribution in [0.5, 0.6) is 0 Å². The summed E-state index contributed by atoms with van der Waals surface area (Å²) in [4.78, 5) is 10.4. The maximum Gasteiger partial charge on any atom is 0.317 e. The first-order chi connectivity index (χ1) is 9.58. The van der Waals surface area contributed by atoms with Crippen LogP contribution in [0.3, 0.4) is 0 Å². The summed E-state index contributed by atoms with van der Waals surface area (Å²) >= 11 is -1.00. The molecule has 8 heteroatoms. The Morgan fingerprint density at radius 2 is 2.20 bits per heavy atom. The number of thiophene rings is 1. The van der Waals surface area contributed by atoms with E-state index in [1.54, 1.807) is 0 Å². The van der Waals surface area contributed by atoms with Crippen molar-refractivity contribution >= 4 is 43.7 Å². The molecule has 0 radical (unpaired) electrons. The fourth-order valence-electron chi connectivity index (χ4n) is 1.72. The Kier molecular flexibility index (Phi) is 5.07. The van der Waals surface area contributed by atoms with Crippen molar-refractivity contribution in [2.75, 3.05) is 23.9 Å². The summed E-state index contributed by atoms with van der Waals surface area (Å²) in [7, 11) is 0. The lowest BCUT2D eigenvalue weighted by molar-refractivity contribution is -0.135. The number of nitrogens with one attached hydrogen (secondary N) is 1. The lowest BCUT2D eigenvalue weighted by Crippen LogP contribution is -2.34. The van der Waals surface area contributed by atoms with Crippen LogP contribution in [0.1, 0.15) is 0 Å². The van der Waals surface area contributed by atoms with Gasteiger partial charge in [0.1, 0.15) is 5.00 Å². The van der Waals surface area contributed by atoms with Crippen molar-refractivity contribution in [3.63, 3.8) is 0 Å². The molecule has 2 N–H and O–H groups in total. The van der Waals surface area contributed by atoms with Crippen molar-refractivity contribution in [1.29, 1.82) is 0 Å². The van der Waals surface area contributed by atoms with Crippen molar-refractivity contribution in [3.8, 4) is 0 Å². The average Bonchev–Trinajstić information content (AvgIpc) is 2.80. The molecule has 1 aromatic heterocycles. The molecule has 6 nitrogen and oxygen atoms in total. The summed E-state index contributed by atoms with van der Waals surface area (Å²) in [6.45, 7) is 0.274. The van der Waals surface area contributed by atoms with Crippen LogP contribution in [0.15, 0.2) is 30.3 Å². The zero-order valence-electron chi connectivity index (χ0n) is 10.4. The minimum Gasteiger partial charge on any atom is -0.755 e. The monoisotopic (exact) mass is 313 g/mol. The Morgan fingerprint density at radius 3 is 2.85 bits per heavy atom. The molecular weight excluding hydrogens is 300 g/mol. The van der Waals surface area contributed by atoms with Gasteiger partial charge in [0.25, 0.3) is 0 Å². The van der Waals surface area contributed by atoms with Gasteiger partial charge in [-0.25, -0.2) is 0 Å². The van der Waals surface area contributed by atoms with Crippen molar-refractivity contribution in [2.24, 2.45) is 0 Å². The van der Waals surface area contributed by atoms with Crippen LogP contribution in [0.2, 0.25) is 0 Å². The minimum atomic E-state index is -2.39. The highest BCUT2D eigenvalue weighted by Crippen LogP contribution is 2.32. The van der Waals surface area contributed by atoms with E-state index in [0.29, 0.717) is 5.00 Å². The molecule has 2 rings (SSSR count). The van der Waals surface area contributed by atoms with Gasteiger partial charge < -0.3 is 15.0 Å². The average molecular weight is 313 g/mol. The summed E-state index contributed by atoms with van der Waals surface area (Å²) in [5.74, 6) is -0.971. The number of hydrogen-bond acceptors (Lipinski definition) is 5. The molecule has 108 valence electrons. The number of nitrogens with zero attached hydrogens (tertiary/aromatic N) is 1.